The van der Waals surface area contributed by atoms with Gasteiger partial charge in [0, 0.05) is 22.4 Å². The zero-order chi connectivity index (χ0) is 20.4. The first kappa shape index (κ1) is 19.0. The van der Waals surface area contributed by atoms with Crippen molar-refractivity contribution in [3.05, 3.63) is 72.0 Å². The fourth-order valence-electron chi connectivity index (χ4n) is 3.54. The third-order valence-electron chi connectivity index (χ3n) is 4.83. The molecule has 0 fully saturated rings. The summed E-state index contributed by atoms with van der Waals surface area (Å²) >= 11 is 0. The maximum atomic E-state index is 13.3. The first-order valence-corrected chi connectivity index (χ1v) is 9.38. The first-order valence-electron chi connectivity index (χ1n) is 9.38. The van der Waals surface area contributed by atoms with E-state index >= 15 is 0 Å². The molecule has 0 saturated heterocycles. The number of rotatable bonds is 6. The van der Waals surface area contributed by atoms with Crippen LogP contribution < -0.4 is 15.0 Å². The van der Waals surface area contributed by atoms with Gasteiger partial charge in [0.2, 0.25) is 0 Å². The van der Waals surface area contributed by atoms with E-state index in [1.807, 2.05) is 43.4 Å². The number of fused-ring (bicyclic) bond motifs is 3. The lowest BCUT2D eigenvalue weighted by molar-refractivity contribution is -0.885. The van der Waals surface area contributed by atoms with Gasteiger partial charge in [-0.2, -0.15) is 0 Å². The van der Waals surface area contributed by atoms with Crippen molar-refractivity contribution in [2.45, 2.75) is 6.54 Å². The predicted octanol–water partition coefficient (Wildman–Crippen LogP) is 3.39. The number of halogens is 1. The molecule has 6 heteroatoms. The van der Waals surface area contributed by atoms with Crippen LogP contribution in [0.3, 0.4) is 0 Å². The summed E-state index contributed by atoms with van der Waals surface area (Å²) in [6.07, 6.45) is 0. The Morgan fingerprint density at radius 3 is 2.69 bits per heavy atom. The molecule has 0 bridgehead atoms. The van der Waals surface area contributed by atoms with E-state index in [9.17, 15) is 9.18 Å². The molecule has 0 spiro atoms. The molecule has 3 aromatic carbocycles. The van der Waals surface area contributed by atoms with Crippen LogP contribution in [0.2, 0.25) is 0 Å². The Kier molecular flexibility index (Phi) is 5.18. The van der Waals surface area contributed by atoms with E-state index in [1.54, 1.807) is 19.2 Å². The predicted molar refractivity (Wildman–Crippen MR) is 111 cm³/mol. The highest BCUT2D eigenvalue weighted by molar-refractivity contribution is 6.07. The number of hydrogen-bond donors (Lipinski definition) is 2. The Labute approximate surface area is 167 Å². The number of benzene rings is 3. The average Bonchev–Trinajstić information content (AvgIpc) is 3.04. The summed E-state index contributed by atoms with van der Waals surface area (Å²) < 4.78 is 24.7. The number of likely N-dealkylation sites (N-methyl/N-ethyl adjacent to an activating group) is 1. The third kappa shape index (κ3) is 4.07. The fraction of sp³-hybridized carbons (Fsp3) is 0.174. The van der Waals surface area contributed by atoms with Crippen molar-refractivity contribution < 1.29 is 23.2 Å². The van der Waals surface area contributed by atoms with E-state index in [1.165, 1.54) is 12.1 Å². The summed E-state index contributed by atoms with van der Waals surface area (Å²) in [5, 5.41) is 4.84. The molecule has 4 aromatic rings. The number of methoxy groups -OCH3 is 1. The van der Waals surface area contributed by atoms with Gasteiger partial charge in [0.15, 0.2) is 6.54 Å². The second-order valence-corrected chi connectivity index (χ2v) is 7.14. The highest BCUT2D eigenvalue weighted by Crippen LogP contribution is 2.36. The molecule has 0 aliphatic carbocycles. The molecule has 5 nitrogen and oxygen atoms in total. The topological polar surface area (TPSA) is 55.9 Å². The molecule has 2 N–H and O–H groups in total. The molecule has 0 saturated carbocycles. The van der Waals surface area contributed by atoms with Crippen molar-refractivity contribution in [1.82, 2.24) is 0 Å². The summed E-state index contributed by atoms with van der Waals surface area (Å²) in [6, 6.07) is 17.8. The Bertz CT molecular complexity index is 1190. The summed E-state index contributed by atoms with van der Waals surface area (Å²) in [4.78, 5) is 13.5. The molecule has 1 heterocycles. The second kappa shape index (κ2) is 7.93. The molecule has 4 rings (SSSR count). The second-order valence-electron chi connectivity index (χ2n) is 7.14. The molecule has 1 unspecified atom stereocenters. The van der Waals surface area contributed by atoms with Gasteiger partial charge in [-0.25, -0.2) is 4.39 Å². The van der Waals surface area contributed by atoms with Gasteiger partial charge in [-0.15, -0.1) is 0 Å². The number of hydrogen-bond acceptors (Lipinski definition) is 3. The molecule has 29 heavy (non-hydrogen) atoms. The van der Waals surface area contributed by atoms with Crippen LogP contribution in [0.5, 0.6) is 5.75 Å². The molecule has 1 amide bonds. The molecule has 1 atom stereocenters. The number of carbonyl (C=O) groups excluding carboxylic acids is 1. The van der Waals surface area contributed by atoms with E-state index in [0.717, 1.165) is 26.8 Å². The van der Waals surface area contributed by atoms with E-state index in [-0.39, 0.29) is 18.3 Å². The summed E-state index contributed by atoms with van der Waals surface area (Å²) in [7, 11) is 3.46. The van der Waals surface area contributed by atoms with Crippen LogP contribution in [0.25, 0.3) is 21.9 Å². The van der Waals surface area contributed by atoms with Crippen molar-refractivity contribution in [2.24, 2.45) is 0 Å². The maximum Gasteiger partial charge on any atom is 0.279 e. The van der Waals surface area contributed by atoms with Crippen molar-refractivity contribution in [1.29, 1.82) is 0 Å². The Morgan fingerprint density at radius 1 is 1.07 bits per heavy atom. The van der Waals surface area contributed by atoms with Crippen LogP contribution in [-0.2, 0) is 11.3 Å². The molecule has 0 aliphatic rings. The van der Waals surface area contributed by atoms with Gasteiger partial charge < -0.3 is 19.4 Å². The van der Waals surface area contributed by atoms with Gasteiger partial charge >= 0.3 is 0 Å². The van der Waals surface area contributed by atoms with E-state index in [2.05, 4.69) is 5.32 Å². The zero-order valence-electron chi connectivity index (χ0n) is 16.3. The maximum absolute atomic E-state index is 13.3. The Balaban J connectivity index is 1.51. The van der Waals surface area contributed by atoms with Crippen LogP contribution >= 0.6 is 0 Å². The molecule has 1 aromatic heterocycles. The van der Waals surface area contributed by atoms with Crippen LogP contribution in [0, 0.1) is 5.82 Å². The van der Waals surface area contributed by atoms with E-state index in [0.29, 0.717) is 23.6 Å². The van der Waals surface area contributed by atoms with E-state index < -0.39 is 0 Å². The zero-order valence-corrected chi connectivity index (χ0v) is 16.3. The molecule has 0 radical (unpaired) electrons. The summed E-state index contributed by atoms with van der Waals surface area (Å²) in [5.41, 5.74) is 2.87. The largest absolute Gasteiger partial charge is 0.495 e. The van der Waals surface area contributed by atoms with Crippen LogP contribution in [0.1, 0.15) is 5.56 Å². The molecule has 0 aliphatic heterocycles. The first-order chi connectivity index (χ1) is 14.0. The van der Waals surface area contributed by atoms with Gasteiger partial charge in [0.05, 0.1) is 19.8 Å². The third-order valence-corrected chi connectivity index (χ3v) is 4.83. The lowest BCUT2D eigenvalue weighted by atomic mass is 10.1. The number of para-hydroxylation sites is 1. The van der Waals surface area contributed by atoms with Crippen LogP contribution in [0.15, 0.2) is 65.1 Å². The lowest BCUT2D eigenvalue weighted by Gasteiger charge is -2.15. The van der Waals surface area contributed by atoms with Crippen LogP contribution in [0.4, 0.5) is 10.1 Å². The SMILES string of the molecule is COc1cc2c(cc1NC(=O)C[NH+](C)Cc1cccc(F)c1)oc1ccccc12. The fourth-order valence-corrected chi connectivity index (χ4v) is 3.54. The minimum atomic E-state index is -0.274. The van der Waals surface area contributed by atoms with Gasteiger partial charge in [-0.3, -0.25) is 4.79 Å². The van der Waals surface area contributed by atoms with Crippen molar-refractivity contribution in [3.63, 3.8) is 0 Å². The summed E-state index contributed by atoms with van der Waals surface area (Å²) in [5.74, 6) is 0.136. The number of ether oxygens (including phenoxy) is 1. The molecule has 148 valence electrons. The minimum Gasteiger partial charge on any atom is -0.495 e. The number of quaternary nitrogens is 1. The van der Waals surface area contributed by atoms with Gasteiger partial charge in [-0.1, -0.05) is 30.3 Å². The number of furan rings is 1. The van der Waals surface area contributed by atoms with Gasteiger partial charge in [0.1, 0.15) is 29.3 Å². The minimum absolute atomic E-state index is 0.160. The number of nitrogens with one attached hydrogen (secondary N) is 2. The Hall–Kier alpha value is -3.38. The van der Waals surface area contributed by atoms with E-state index in [4.69, 9.17) is 9.15 Å². The Morgan fingerprint density at radius 2 is 1.90 bits per heavy atom. The monoisotopic (exact) mass is 393 g/mol. The number of carbonyl (C=O) groups is 1. The van der Waals surface area contributed by atoms with Gasteiger partial charge in [-0.05, 0) is 24.3 Å². The number of amides is 1. The van der Waals surface area contributed by atoms with Crippen molar-refractivity contribution in [2.75, 3.05) is 26.0 Å². The van der Waals surface area contributed by atoms with Crippen molar-refractivity contribution in [3.8, 4) is 5.75 Å². The number of anilines is 1. The lowest BCUT2D eigenvalue weighted by Crippen LogP contribution is -3.08. The van der Waals surface area contributed by atoms with Crippen LogP contribution in [-0.4, -0.2) is 26.6 Å². The summed E-state index contributed by atoms with van der Waals surface area (Å²) in [6.45, 7) is 0.781. The smallest absolute Gasteiger partial charge is 0.279 e. The standard InChI is InChI=1S/C23H21FN2O3/c1-26(13-15-6-5-7-16(24)10-15)14-23(27)25-19-12-21-18(11-22(19)28-2)17-8-3-4-9-20(17)29-21/h3-12H,13-14H2,1-2H3,(H,25,27)/p+1. The molecular weight excluding hydrogens is 371 g/mol. The van der Waals surface area contributed by atoms with Crippen molar-refractivity contribution >= 4 is 33.5 Å². The highest BCUT2D eigenvalue weighted by atomic mass is 19.1. The quantitative estimate of drug-likeness (QED) is 0.528. The molecular formula is C23H22FN2O3+. The highest BCUT2D eigenvalue weighted by Gasteiger charge is 2.16. The normalized spacial score (nSPS) is 12.2. The van der Waals surface area contributed by atoms with Gasteiger partial charge in [0.25, 0.3) is 5.91 Å². The average molecular weight is 393 g/mol.